The lowest BCUT2D eigenvalue weighted by Gasteiger charge is -2.19. The van der Waals surface area contributed by atoms with Crippen LogP contribution < -0.4 is 0 Å². The molecule has 4 nitrogen and oxygen atoms in total. The summed E-state index contributed by atoms with van der Waals surface area (Å²) >= 11 is 0. The molecular weight excluding hydrogens is 316 g/mol. The molecule has 0 aromatic heterocycles. The molecule has 4 heteroatoms. The number of aliphatic hydroxyl groups excluding tert-OH is 1. The number of aliphatic hydroxyl groups is 1. The van der Waals surface area contributed by atoms with E-state index < -0.39 is 5.97 Å². The van der Waals surface area contributed by atoms with E-state index in [1.54, 1.807) is 6.08 Å². The molecule has 25 heavy (non-hydrogen) atoms. The van der Waals surface area contributed by atoms with Gasteiger partial charge in [0.05, 0.1) is 6.10 Å². The van der Waals surface area contributed by atoms with Gasteiger partial charge in [-0.15, -0.1) is 0 Å². The Kier molecular flexibility index (Phi) is 11.5. The monoisotopic (exact) mass is 352 g/mol. The number of ketones is 1. The fourth-order valence-corrected chi connectivity index (χ4v) is 3.77. The van der Waals surface area contributed by atoms with Crippen LogP contribution in [-0.4, -0.2) is 28.1 Å². The van der Waals surface area contributed by atoms with E-state index in [-0.39, 0.29) is 24.2 Å². The van der Waals surface area contributed by atoms with Gasteiger partial charge in [0.1, 0.15) is 0 Å². The molecule has 0 saturated heterocycles. The van der Waals surface area contributed by atoms with Gasteiger partial charge in [-0.3, -0.25) is 9.59 Å². The SMILES string of the molecule is CCCCCC(=O)/C=C/C1CCC(O)C1CCCCCCCC(=O)O. The number of unbranched alkanes of at least 4 members (excludes halogenated alkanes) is 6. The Morgan fingerprint density at radius 2 is 1.64 bits per heavy atom. The average Bonchev–Trinajstić information content (AvgIpc) is 2.92. The summed E-state index contributed by atoms with van der Waals surface area (Å²) in [5.74, 6) is 0.107. The number of hydrogen-bond donors (Lipinski definition) is 2. The molecule has 1 aliphatic rings. The molecule has 1 aliphatic carbocycles. The summed E-state index contributed by atoms with van der Waals surface area (Å²) in [5, 5.41) is 18.8. The predicted molar refractivity (Wildman–Crippen MR) is 100 cm³/mol. The van der Waals surface area contributed by atoms with Crippen LogP contribution in [0.3, 0.4) is 0 Å². The van der Waals surface area contributed by atoms with Crippen LogP contribution in [0.25, 0.3) is 0 Å². The van der Waals surface area contributed by atoms with E-state index in [0.717, 1.165) is 70.6 Å². The first-order valence-electron chi connectivity index (χ1n) is 10.2. The van der Waals surface area contributed by atoms with Crippen molar-refractivity contribution in [2.24, 2.45) is 11.8 Å². The maximum absolute atomic E-state index is 11.9. The van der Waals surface area contributed by atoms with Crippen molar-refractivity contribution in [3.63, 3.8) is 0 Å². The number of carbonyl (C=O) groups is 2. The second-order valence-electron chi connectivity index (χ2n) is 7.46. The quantitative estimate of drug-likeness (QED) is 0.344. The van der Waals surface area contributed by atoms with Gasteiger partial charge in [0.25, 0.3) is 0 Å². The molecule has 0 heterocycles. The summed E-state index contributed by atoms with van der Waals surface area (Å²) in [6.07, 6.45) is 15.4. The second-order valence-corrected chi connectivity index (χ2v) is 7.46. The van der Waals surface area contributed by atoms with Gasteiger partial charge in [0.15, 0.2) is 5.78 Å². The molecule has 0 radical (unpaired) electrons. The summed E-state index contributed by atoms with van der Waals surface area (Å²) < 4.78 is 0. The number of carboxylic acid groups (broad SMARTS) is 1. The number of rotatable bonds is 14. The van der Waals surface area contributed by atoms with E-state index in [1.165, 1.54) is 0 Å². The maximum Gasteiger partial charge on any atom is 0.303 e. The van der Waals surface area contributed by atoms with Crippen molar-refractivity contribution in [3.8, 4) is 0 Å². The van der Waals surface area contributed by atoms with Gasteiger partial charge in [-0.1, -0.05) is 51.5 Å². The van der Waals surface area contributed by atoms with Crippen molar-refractivity contribution in [3.05, 3.63) is 12.2 Å². The fourth-order valence-electron chi connectivity index (χ4n) is 3.77. The van der Waals surface area contributed by atoms with E-state index in [9.17, 15) is 14.7 Å². The lowest BCUT2D eigenvalue weighted by Crippen LogP contribution is -2.18. The predicted octanol–water partition coefficient (Wildman–Crippen LogP) is 4.89. The molecule has 0 bridgehead atoms. The smallest absolute Gasteiger partial charge is 0.303 e. The van der Waals surface area contributed by atoms with Gasteiger partial charge in [-0.25, -0.2) is 0 Å². The zero-order valence-corrected chi connectivity index (χ0v) is 15.8. The Balaban J connectivity index is 2.24. The Labute approximate surface area is 152 Å². The molecule has 0 spiro atoms. The van der Waals surface area contributed by atoms with E-state index in [0.29, 0.717) is 12.3 Å². The summed E-state index contributed by atoms with van der Waals surface area (Å²) in [6.45, 7) is 2.14. The minimum Gasteiger partial charge on any atom is -0.481 e. The fraction of sp³-hybridized carbons (Fsp3) is 0.810. The van der Waals surface area contributed by atoms with Crippen LogP contribution in [0.4, 0.5) is 0 Å². The Hall–Kier alpha value is -1.16. The van der Waals surface area contributed by atoms with E-state index >= 15 is 0 Å². The van der Waals surface area contributed by atoms with E-state index in [4.69, 9.17) is 5.11 Å². The first kappa shape index (κ1) is 21.9. The van der Waals surface area contributed by atoms with E-state index in [1.807, 2.05) is 6.08 Å². The van der Waals surface area contributed by atoms with Crippen molar-refractivity contribution in [1.29, 1.82) is 0 Å². The lowest BCUT2D eigenvalue weighted by molar-refractivity contribution is -0.137. The third kappa shape index (κ3) is 9.78. The Morgan fingerprint density at radius 1 is 0.960 bits per heavy atom. The third-order valence-corrected chi connectivity index (χ3v) is 5.32. The van der Waals surface area contributed by atoms with Crippen molar-refractivity contribution >= 4 is 11.8 Å². The summed E-state index contributed by atoms with van der Waals surface area (Å²) in [7, 11) is 0. The second kappa shape index (κ2) is 13.1. The van der Waals surface area contributed by atoms with Gasteiger partial charge in [-0.2, -0.15) is 0 Å². The highest BCUT2D eigenvalue weighted by Crippen LogP contribution is 2.36. The van der Waals surface area contributed by atoms with Crippen LogP contribution in [0.1, 0.15) is 90.4 Å². The topological polar surface area (TPSA) is 74.6 Å². The highest BCUT2D eigenvalue weighted by Gasteiger charge is 2.32. The molecule has 0 aromatic rings. The normalized spacial score (nSPS) is 23.4. The zero-order valence-electron chi connectivity index (χ0n) is 15.8. The molecule has 0 amide bonds. The number of hydrogen-bond acceptors (Lipinski definition) is 3. The van der Waals surface area contributed by atoms with Crippen LogP contribution in [0.5, 0.6) is 0 Å². The average molecular weight is 353 g/mol. The van der Waals surface area contributed by atoms with Gasteiger partial charge in [0.2, 0.25) is 0 Å². The van der Waals surface area contributed by atoms with Gasteiger partial charge >= 0.3 is 5.97 Å². The van der Waals surface area contributed by atoms with Crippen molar-refractivity contribution < 1.29 is 19.8 Å². The van der Waals surface area contributed by atoms with Gasteiger partial charge < -0.3 is 10.2 Å². The van der Waals surface area contributed by atoms with E-state index in [2.05, 4.69) is 6.92 Å². The van der Waals surface area contributed by atoms with Crippen molar-refractivity contribution in [1.82, 2.24) is 0 Å². The van der Waals surface area contributed by atoms with Gasteiger partial charge in [0, 0.05) is 12.8 Å². The highest BCUT2D eigenvalue weighted by molar-refractivity contribution is 5.89. The molecule has 3 unspecified atom stereocenters. The first-order valence-corrected chi connectivity index (χ1v) is 10.2. The van der Waals surface area contributed by atoms with Crippen molar-refractivity contribution in [2.45, 2.75) is 96.5 Å². The highest BCUT2D eigenvalue weighted by atomic mass is 16.4. The minimum absolute atomic E-state index is 0.215. The Bertz CT molecular complexity index is 416. The largest absolute Gasteiger partial charge is 0.481 e. The molecule has 1 saturated carbocycles. The molecule has 0 aromatic carbocycles. The number of carbonyl (C=O) groups excluding carboxylic acids is 1. The molecule has 3 atom stereocenters. The van der Waals surface area contributed by atoms with Gasteiger partial charge in [-0.05, 0) is 50.0 Å². The summed E-state index contributed by atoms with van der Waals surface area (Å²) in [4.78, 5) is 22.3. The molecule has 144 valence electrons. The number of carboxylic acids is 1. The molecular formula is C21H36O4. The number of aliphatic carboxylic acids is 1. The molecule has 0 aliphatic heterocycles. The van der Waals surface area contributed by atoms with Crippen LogP contribution in [-0.2, 0) is 9.59 Å². The molecule has 2 N–H and O–H groups in total. The first-order chi connectivity index (χ1) is 12.0. The standard InChI is InChI=1S/C21H36O4/c1-2-3-7-10-18(22)15-13-17-14-16-20(23)19(17)11-8-5-4-6-9-12-21(24)25/h13,15,17,19-20,23H,2-12,14,16H2,1H3,(H,24,25)/b15-13+. The van der Waals surface area contributed by atoms with Crippen molar-refractivity contribution in [2.75, 3.05) is 0 Å². The summed E-state index contributed by atoms with van der Waals surface area (Å²) in [5.41, 5.74) is 0. The third-order valence-electron chi connectivity index (χ3n) is 5.32. The zero-order chi connectivity index (χ0) is 18.5. The van der Waals surface area contributed by atoms with Crippen LogP contribution in [0, 0.1) is 11.8 Å². The summed E-state index contributed by atoms with van der Waals surface area (Å²) in [6, 6.07) is 0. The van der Waals surface area contributed by atoms with Crippen LogP contribution >= 0.6 is 0 Å². The van der Waals surface area contributed by atoms with Crippen LogP contribution in [0.2, 0.25) is 0 Å². The maximum atomic E-state index is 11.9. The molecule has 1 fully saturated rings. The number of allylic oxidation sites excluding steroid dienone is 2. The minimum atomic E-state index is -0.715. The Morgan fingerprint density at radius 3 is 2.36 bits per heavy atom. The van der Waals surface area contributed by atoms with Crippen LogP contribution in [0.15, 0.2) is 12.2 Å². The molecule has 1 rings (SSSR count). The lowest BCUT2D eigenvalue weighted by atomic mass is 9.88.